The monoisotopic (exact) mass is 283 g/mol. The van der Waals surface area contributed by atoms with E-state index in [1.807, 2.05) is 0 Å². The van der Waals surface area contributed by atoms with Gasteiger partial charge in [-0.25, -0.2) is 0 Å². The molecule has 0 aliphatic rings. The lowest BCUT2D eigenvalue weighted by molar-refractivity contribution is 0.419. The SMILES string of the molecule is CCCCCCCCCCCC(CCCC)NCCC. The molecule has 1 unspecified atom stereocenters. The lowest BCUT2D eigenvalue weighted by atomic mass is 10.0. The van der Waals surface area contributed by atoms with Crippen LogP contribution in [0, 0.1) is 0 Å². The minimum absolute atomic E-state index is 0.791. The van der Waals surface area contributed by atoms with Gasteiger partial charge < -0.3 is 5.32 Å². The molecule has 1 atom stereocenters. The highest BCUT2D eigenvalue weighted by molar-refractivity contribution is 4.66. The highest BCUT2D eigenvalue weighted by Gasteiger charge is 2.06. The van der Waals surface area contributed by atoms with Crippen LogP contribution in [0.1, 0.15) is 111 Å². The van der Waals surface area contributed by atoms with Crippen molar-refractivity contribution in [2.75, 3.05) is 6.54 Å². The molecule has 0 amide bonds. The van der Waals surface area contributed by atoms with Crippen LogP contribution >= 0.6 is 0 Å². The van der Waals surface area contributed by atoms with E-state index in [1.54, 1.807) is 0 Å². The van der Waals surface area contributed by atoms with E-state index in [-0.39, 0.29) is 0 Å². The van der Waals surface area contributed by atoms with Gasteiger partial charge in [0, 0.05) is 6.04 Å². The van der Waals surface area contributed by atoms with Gasteiger partial charge in [-0.3, -0.25) is 0 Å². The predicted octanol–water partition coefficient (Wildman–Crippen LogP) is 6.47. The zero-order valence-electron chi connectivity index (χ0n) is 14.7. The van der Waals surface area contributed by atoms with Gasteiger partial charge in [0.15, 0.2) is 0 Å². The summed E-state index contributed by atoms with van der Waals surface area (Å²) < 4.78 is 0. The van der Waals surface area contributed by atoms with E-state index in [1.165, 1.54) is 96.4 Å². The van der Waals surface area contributed by atoms with Gasteiger partial charge in [-0.2, -0.15) is 0 Å². The Morgan fingerprint density at radius 2 is 1.05 bits per heavy atom. The van der Waals surface area contributed by atoms with Crippen LogP contribution in [-0.4, -0.2) is 12.6 Å². The maximum Gasteiger partial charge on any atom is 0.00670 e. The van der Waals surface area contributed by atoms with Crippen molar-refractivity contribution in [3.63, 3.8) is 0 Å². The van der Waals surface area contributed by atoms with E-state index in [0.29, 0.717) is 0 Å². The van der Waals surface area contributed by atoms with Gasteiger partial charge in [0.2, 0.25) is 0 Å². The summed E-state index contributed by atoms with van der Waals surface area (Å²) in [4.78, 5) is 0. The average Bonchev–Trinajstić information content (AvgIpc) is 2.47. The topological polar surface area (TPSA) is 12.0 Å². The molecule has 1 nitrogen and oxygen atoms in total. The van der Waals surface area contributed by atoms with Crippen molar-refractivity contribution in [2.24, 2.45) is 0 Å². The van der Waals surface area contributed by atoms with Crippen LogP contribution in [-0.2, 0) is 0 Å². The van der Waals surface area contributed by atoms with E-state index in [0.717, 1.165) is 6.04 Å². The third-order valence-corrected chi connectivity index (χ3v) is 4.25. The Balaban J connectivity index is 3.38. The highest BCUT2D eigenvalue weighted by atomic mass is 14.9. The zero-order chi connectivity index (χ0) is 14.9. The molecule has 0 heterocycles. The Bertz CT molecular complexity index is 159. The second-order valence-electron chi connectivity index (χ2n) is 6.41. The van der Waals surface area contributed by atoms with Gasteiger partial charge in [0.05, 0.1) is 0 Å². The van der Waals surface area contributed by atoms with Crippen molar-refractivity contribution >= 4 is 0 Å². The Kier molecular flexibility index (Phi) is 17.0. The molecular weight excluding hydrogens is 242 g/mol. The number of unbranched alkanes of at least 4 members (excludes halogenated alkanes) is 9. The van der Waals surface area contributed by atoms with E-state index in [4.69, 9.17) is 0 Å². The zero-order valence-corrected chi connectivity index (χ0v) is 14.7. The molecule has 0 saturated carbocycles. The molecule has 0 fully saturated rings. The fraction of sp³-hybridized carbons (Fsp3) is 1.00. The molecule has 0 bridgehead atoms. The summed E-state index contributed by atoms with van der Waals surface area (Å²) in [5, 5.41) is 3.73. The summed E-state index contributed by atoms with van der Waals surface area (Å²) in [6.45, 7) is 8.06. The second kappa shape index (κ2) is 17.0. The molecule has 0 radical (unpaired) electrons. The van der Waals surface area contributed by atoms with Crippen LogP contribution in [0.2, 0.25) is 0 Å². The first-order chi connectivity index (χ1) is 9.85. The van der Waals surface area contributed by atoms with E-state index in [9.17, 15) is 0 Å². The Morgan fingerprint density at radius 3 is 1.60 bits per heavy atom. The predicted molar refractivity (Wildman–Crippen MR) is 93.5 cm³/mol. The van der Waals surface area contributed by atoms with Gasteiger partial charge >= 0.3 is 0 Å². The molecule has 1 heteroatoms. The summed E-state index contributed by atoms with van der Waals surface area (Å²) in [6.07, 6.45) is 19.8. The molecule has 0 spiro atoms. The first-order valence-electron chi connectivity index (χ1n) is 9.58. The van der Waals surface area contributed by atoms with Gasteiger partial charge in [0.25, 0.3) is 0 Å². The molecule has 1 N–H and O–H groups in total. The van der Waals surface area contributed by atoms with Crippen molar-refractivity contribution in [3.05, 3.63) is 0 Å². The molecular formula is C19H41N. The minimum Gasteiger partial charge on any atom is -0.314 e. The van der Waals surface area contributed by atoms with Crippen LogP contribution in [0.15, 0.2) is 0 Å². The first-order valence-corrected chi connectivity index (χ1v) is 9.58. The fourth-order valence-corrected chi connectivity index (χ4v) is 2.85. The molecule has 0 aromatic heterocycles. The molecule has 0 aromatic rings. The maximum atomic E-state index is 3.73. The van der Waals surface area contributed by atoms with Gasteiger partial charge in [-0.05, 0) is 25.8 Å². The molecule has 0 aliphatic heterocycles. The van der Waals surface area contributed by atoms with Crippen LogP contribution in [0.5, 0.6) is 0 Å². The van der Waals surface area contributed by atoms with Crippen LogP contribution in [0.4, 0.5) is 0 Å². The smallest absolute Gasteiger partial charge is 0.00670 e. The fourth-order valence-electron chi connectivity index (χ4n) is 2.85. The highest BCUT2D eigenvalue weighted by Crippen LogP contribution is 2.13. The normalized spacial score (nSPS) is 12.8. The van der Waals surface area contributed by atoms with Crippen LogP contribution in [0.25, 0.3) is 0 Å². The Morgan fingerprint density at radius 1 is 0.550 bits per heavy atom. The van der Waals surface area contributed by atoms with Crippen molar-refractivity contribution in [2.45, 2.75) is 117 Å². The quantitative estimate of drug-likeness (QED) is 0.320. The summed E-state index contributed by atoms with van der Waals surface area (Å²) in [5.74, 6) is 0. The van der Waals surface area contributed by atoms with Crippen LogP contribution < -0.4 is 5.32 Å². The van der Waals surface area contributed by atoms with E-state index in [2.05, 4.69) is 26.1 Å². The van der Waals surface area contributed by atoms with E-state index >= 15 is 0 Å². The minimum atomic E-state index is 0.791. The molecule has 0 saturated heterocycles. The summed E-state index contributed by atoms with van der Waals surface area (Å²) in [5.41, 5.74) is 0. The summed E-state index contributed by atoms with van der Waals surface area (Å²) in [7, 11) is 0. The lowest BCUT2D eigenvalue weighted by Gasteiger charge is -2.18. The second-order valence-corrected chi connectivity index (χ2v) is 6.41. The van der Waals surface area contributed by atoms with Crippen molar-refractivity contribution in [3.8, 4) is 0 Å². The largest absolute Gasteiger partial charge is 0.314 e. The molecule has 122 valence electrons. The van der Waals surface area contributed by atoms with Crippen LogP contribution in [0.3, 0.4) is 0 Å². The average molecular weight is 284 g/mol. The lowest BCUT2D eigenvalue weighted by Crippen LogP contribution is -2.29. The third-order valence-electron chi connectivity index (χ3n) is 4.25. The summed E-state index contributed by atoms with van der Waals surface area (Å²) >= 11 is 0. The third kappa shape index (κ3) is 14.4. The molecule has 20 heavy (non-hydrogen) atoms. The van der Waals surface area contributed by atoms with Crippen molar-refractivity contribution in [1.82, 2.24) is 5.32 Å². The Hall–Kier alpha value is -0.0400. The number of hydrogen-bond acceptors (Lipinski definition) is 1. The van der Waals surface area contributed by atoms with E-state index < -0.39 is 0 Å². The summed E-state index contributed by atoms with van der Waals surface area (Å²) in [6, 6.07) is 0.791. The molecule has 0 aliphatic carbocycles. The molecule has 0 rings (SSSR count). The number of rotatable bonds is 16. The standard InChI is InChI=1S/C19H41N/c1-4-7-9-10-11-12-13-14-15-17-19(16-8-5-2)20-18-6-3/h19-20H,4-18H2,1-3H3. The van der Waals surface area contributed by atoms with Gasteiger partial charge in [-0.1, -0.05) is 91.4 Å². The molecule has 0 aromatic carbocycles. The van der Waals surface area contributed by atoms with Gasteiger partial charge in [-0.15, -0.1) is 0 Å². The number of nitrogens with one attached hydrogen (secondary N) is 1. The Labute approximate surface area is 129 Å². The number of hydrogen-bond donors (Lipinski definition) is 1. The van der Waals surface area contributed by atoms with Crippen molar-refractivity contribution < 1.29 is 0 Å². The maximum absolute atomic E-state index is 3.73. The van der Waals surface area contributed by atoms with Gasteiger partial charge in [0.1, 0.15) is 0 Å². The first kappa shape index (κ1) is 20.0. The van der Waals surface area contributed by atoms with Crippen molar-refractivity contribution in [1.29, 1.82) is 0 Å².